The third-order valence-electron chi connectivity index (χ3n) is 2.87. The minimum absolute atomic E-state index is 0.332. The fraction of sp³-hybridized carbons (Fsp3) is 0.0625. The highest BCUT2D eigenvalue weighted by Gasteiger charge is 2.19. The van der Waals surface area contributed by atoms with Gasteiger partial charge in [0.05, 0.1) is 0 Å². The van der Waals surface area contributed by atoms with Gasteiger partial charge in [-0.25, -0.2) is 0 Å². The van der Waals surface area contributed by atoms with Crippen LogP contribution in [0.15, 0.2) is 66.0 Å². The van der Waals surface area contributed by atoms with Crippen molar-refractivity contribution < 1.29 is 9.63 Å². The van der Waals surface area contributed by atoms with Crippen LogP contribution in [0.3, 0.4) is 0 Å². The van der Waals surface area contributed by atoms with Crippen molar-refractivity contribution in [2.75, 3.05) is 5.73 Å². The monoisotopic (exact) mass is 282 g/mol. The minimum Gasteiger partial charge on any atom is -0.399 e. The molecule has 0 bridgehead atoms. The molecule has 21 heavy (non-hydrogen) atoms. The van der Waals surface area contributed by atoms with Crippen LogP contribution in [-0.2, 0) is 4.84 Å². The topological polar surface area (TPSA) is 81.8 Å². The molecule has 0 radical (unpaired) electrons. The molecule has 106 valence electrons. The summed E-state index contributed by atoms with van der Waals surface area (Å²) in [5.74, 6) is -0.332. The third-order valence-corrected chi connectivity index (χ3v) is 2.87. The SMILES string of the molecule is Nc1ccc(C=CC(ON=O)C(=O)c2ccccc2)cc1. The summed E-state index contributed by atoms with van der Waals surface area (Å²) < 4.78 is 0. The van der Waals surface area contributed by atoms with E-state index in [9.17, 15) is 9.70 Å². The van der Waals surface area contributed by atoms with Crippen molar-refractivity contribution >= 4 is 17.5 Å². The van der Waals surface area contributed by atoms with E-state index in [-0.39, 0.29) is 5.78 Å². The highest BCUT2D eigenvalue weighted by atomic mass is 16.7. The number of nitrogens with zero attached hydrogens (tertiary/aromatic N) is 1. The van der Waals surface area contributed by atoms with Crippen LogP contribution in [0.1, 0.15) is 15.9 Å². The fourth-order valence-electron chi connectivity index (χ4n) is 1.79. The second-order valence-electron chi connectivity index (χ2n) is 4.36. The van der Waals surface area contributed by atoms with Crippen LogP contribution in [-0.4, -0.2) is 11.9 Å². The van der Waals surface area contributed by atoms with Crippen molar-refractivity contribution in [3.63, 3.8) is 0 Å². The van der Waals surface area contributed by atoms with Gasteiger partial charge in [0.1, 0.15) is 0 Å². The number of nitrogens with two attached hydrogens (primary N) is 1. The normalized spacial score (nSPS) is 12.0. The first-order valence-corrected chi connectivity index (χ1v) is 6.32. The molecule has 0 aliphatic rings. The van der Waals surface area contributed by atoms with E-state index in [0.29, 0.717) is 11.3 Å². The summed E-state index contributed by atoms with van der Waals surface area (Å²) in [5, 5.41) is 2.37. The summed E-state index contributed by atoms with van der Waals surface area (Å²) in [6, 6.07) is 15.7. The zero-order valence-electron chi connectivity index (χ0n) is 11.2. The Hall–Kier alpha value is -2.95. The number of carbonyl (C=O) groups excluding carboxylic acids is 1. The van der Waals surface area contributed by atoms with E-state index in [1.807, 2.05) is 0 Å². The minimum atomic E-state index is -1.05. The zero-order chi connectivity index (χ0) is 15.1. The number of anilines is 1. The summed E-state index contributed by atoms with van der Waals surface area (Å²) in [5.41, 5.74) is 7.53. The number of ketones is 1. The van der Waals surface area contributed by atoms with Gasteiger partial charge in [0, 0.05) is 11.3 Å². The maximum atomic E-state index is 12.2. The average molecular weight is 282 g/mol. The lowest BCUT2D eigenvalue weighted by Crippen LogP contribution is -2.20. The zero-order valence-corrected chi connectivity index (χ0v) is 11.2. The Balaban J connectivity index is 2.17. The molecule has 0 aliphatic heterocycles. The van der Waals surface area contributed by atoms with E-state index in [1.54, 1.807) is 60.7 Å². The first-order valence-electron chi connectivity index (χ1n) is 6.32. The second-order valence-corrected chi connectivity index (χ2v) is 4.36. The van der Waals surface area contributed by atoms with Crippen molar-refractivity contribution in [3.8, 4) is 0 Å². The molecule has 0 fully saturated rings. The number of hydrogen-bond donors (Lipinski definition) is 1. The summed E-state index contributed by atoms with van der Waals surface area (Å²) in [7, 11) is 0. The molecule has 0 spiro atoms. The largest absolute Gasteiger partial charge is 0.399 e. The lowest BCUT2D eigenvalue weighted by molar-refractivity contribution is 0.0579. The van der Waals surface area contributed by atoms with E-state index in [4.69, 9.17) is 5.73 Å². The Bertz CT molecular complexity index is 636. The Labute approximate surface area is 122 Å². The molecule has 2 aromatic rings. The Morgan fingerprint density at radius 1 is 1.10 bits per heavy atom. The number of benzene rings is 2. The van der Waals surface area contributed by atoms with E-state index in [2.05, 4.69) is 10.2 Å². The van der Waals surface area contributed by atoms with Gasteiger partial charge in [0.2, 0.25) is 11.9 Å². The van der Waals surface area contributed by atoms with Crippen LogP contribution in [0, 0.1) is 4.91 Å². The van der Waals surface area contributed by atoms with Crippen LogP contribution in [0.25, 0.3) is 6.08 Å². The van der Waals surface area contributed by atoms with Gasteiger partial charge in [0.25, 0.3) is 0 Å². The maximum Gasteiger partial charge on any atom is 0.211 e. The third kappa shape index (κ3) is 4.01. The molecular formula is C16H14N2O3. The molecule has 0 aliphatic carbocycles. The van der Waals surface area contributed by atoms with Crippen LogP contribution in [0.5, 0.6) is 0 Å². The molecule has 1 unspecified atom stereocenters. The molecule has 5 heteroatoms. The number of hydrogen-bond acceptors (Lipinski definition) is 5. The number of carbonyl (C=O) groups is 1. The quantitative estimate of drug-likeness (QED) is 0.381. The molecule has 2 rings (SSSR count). The van der Waals surface area contributed by atoms with Gasteiger partial charge in [-0.1, -0.05) is 48.5 Å². The average Bonchev–Trinajstić information content (AvgIpc) is 2.53. The Morgan fingerprint density at radius 2 is 1.76 bits per heavy atom. The van der Waals surface area contributed by atoms with Gasteiger partial charge in [0.15, 0.2) is 5.34 Å². The number of rotatable bonds is 6. The van der Waals surface area contributed by atoms with E-state index in [0.717, 1.165) is 5.56 Å². The molecule has 2 aromatic carbocycles. The van der Waals surface area contributed by atoms with Crippen LogP contribution in [0.2, 0.25) is 0 Å². The number of nitrogen functional groups attached to an aromatic ring is 1. The van der Waals surface area contributed by atoms with Gasteiger partial charge in [-0.15, -0.1) is 4.91 Å². The molecule has 0 saturated heterocycles. The molecule has 2 N–H and O–H groups in total. The predicted molar refractivity (Wildman–Crippen MR) is 81.3 cm³/mol. The maximum absolute atomic E-state index is 12.2. The molecule has 0 heterocycles. The van der Waals surface area contributed by atoms with E-state index in [1.165, 1.54) is 6.08 Å². The molecule has 1 atom stereocenters. The van der Waals surface area contributed by atoms with Crippen molar-refractivity contribution in [1.29, 1.82) is 0 Å². The Morgan fingerprint density at radius 3 is 2.38 bits per heavy atom. The van der Waals surface area contributed by atoms with E-state index < -0.39 is 6.10 Å². The molecular weight excluding hydrogens is 268 g/mol. The standard InChI is InChI=1S/C16H14N2O3/c17-14-9-6-12(7-10-14)8-11-15(21-18-20)16(19)13-4-2-1-3-5-13/h1-11,15H,17H2. The first-order chi connectivity index (χ1) is 10.2. The highest BCUT2D eigenvalue weighted by Crippen LogP contribution is 2.12. The van der Waals surface area contributed by atoms with E-state index >= 15 is 0 Å². The van der Waals surface area contributed by atoms with Crippen molar-refractivity contribution in [2.45, 2.75) is 6.10 Å². The smallest absolute Gasteiger partial charge is 0.211 e. The van der Waals surface area contributed by atoms with Crippen LogP contribution >= 0.6 is 0 Å². The number of Topliss-reactive ketones (excluding diaryl/α,β-unsaturated/α-hetero) is 1. The molecule has 0 aromatic heterocycles. The van der Waals surface area contributed by atoms with Gasteiger partial charge in [-0.05, 0) is 23.8 Å². The summed E-state index contributed by atoms with van der Waals surface area (Å²) >= 11 is 0. The van der Waals surface area contributed by atoms with Gasteiger partial charge >= 0.3 is 0 Å². The second kappa shape index (κ2) is 7.00. The first kappa shape index (κ1) is 14.5. The van der Waals surface area contributed by atoms with Crippen LogP contribution < -0.4 is 5.73 Å². The van der Waals surface area contributed by atoms with Crippen molar-refractivity contribution in [3.05, 3.63) is 76.7 Å². The van der Waals surface area contributed by atoms with Crippen LogP contribution in [0.4, 0.5) is 5.69 Å². The van der Waals surface area contributed by atoms with Gasteiger partial charge < -0.3 is 10.6 Å². The molecule has 5 nitrogen and oxygen atoms in total. The predicted octanol–water partition coefficient (Wildman–Crippen LogP) is 3.23. The molecule has 0 saturated carbocycles. The fourth-order valence-corrected chi connectivity index (χ4v) is 1.79. The van der Waals surface area contributed by atoms with Crippen molar-refractivity contribution in [2.24, 2.45) is 5.34 Å². The highest BCUT2D eigenvalue weighted by molar-refractivity contribution is 6.01. The Kier molecular flexibility index (Phi) is 4.82. The lowest BCUT2D eigenvalue weighted by atomic mass is 10.1. The summed E-state index contributed by atoms with van der Waals surface area (Å²) in [6.45, 7) is 0. The lowest BCUT2D eigenvalue weighted by Gasteiger charge is -2.07. The van der Waals surface area contributed by atoms with Gasteiger partial charge in [-0.2, -0.15) is 0 Å². The molecule has 0 amide bonds. The summed E-state index contributed by atoms with van der Waals surface area (Å²) in [6.07, 6.45) is 2.11. The summed E-state index contributed by atoms with van der Waals surface area (Å²) in [4.78, 5) is 27.2. The van der Waals surface area contributed by atoms with Crippen molar-refractivity contribution in [1.82, 2.24) is 0 Å². The van der Waals surface area contributed by atoms with Gasteiger partial charge in [-0.3, -0.25) is 4.79 Å².